The summed E-state index contributed by atoms with van der Waals surface area (Å²) in [6.07, 6.45) is -1.08. The van der Waals surface area contributed by atoms with E-state index >= 15 is 0 Å². The monoisotopic (exact) mass is 417 g/mol. The van der Waals surface area contributed by atoms with Gasteiger partial charge in [-0.05, 0) is 18.6 Å². The standard InChI is InChI=1S/C20H16F3N4O3/c1-12-2-4-13(5-3-12)15-11-26-18(17(24)28)27-19(15)30-9-8-29-16-7-6-14(10-25-16)20(21,22)23/h2-7,10H,8-9H2,1H3,(H2,24,28). The lowest BCUT2D eigenvalue weighted by molar-refractivity contribution is -0.137. The molecular formula is C20H16F3N4O3. The summed E-state index contributed by atoms with van der Waals surface area (Å²) in [5.41, 5.74) is 6.53. The third kappa shape index (κ3) is 5.22. The van der Waals surface area contributed by atoms with E-state index in [1.165, 1.54) is 0 Å². The minimum Gasteiger partial charge on any atom is -0.474 e. The van der Waals surface area contributed by atoms with E-state index < -0.39 is 17.6 Å². The van der Waals surface area contributed by atoms with Crippen molar-refractivity contribution >= 4 is 5.91 Å². The zero-order valence-electron chi connectivity index (χ0n) is 15.7. The maximum absolute atomic E-state index is 12.6. The minimum absolute atomic E-state index is 0.0115. The summed E-state index contributed by atoms with van der Waals surface area (Å²) in [6, 6.07) is 9.40. The van der Waals surface area contributed by atoms with Gasteiger partial charge in [0.1, 0.15) is 19.4 Å². The van der Waals surface area contributed by atoms with Crippen LogP contribution in [0.15, 0.2) is 42.6 Å². The average molecular weight is 417 g/mol. The minimum atomic E-state index is -4.47. The summed E-state index contributed by atoms with van der Waals surface area (Å²) in [6.45, 7) is 1.89. The van der Waals surface area contributed by atoms with Crippen LogP contribution in [0.25, 0.3) is 11.1 Å². The van der Waals surface area contributed by atoms with Gasteiger partial charge in [-0.2, -0.15) is 18.2 Å². The maximum atomic E-state index is 12.6. The van der Waals surface area contributed by atoms with Crippen LogP contribution in [0.4, 0.5) is 13.2 Å². The smallest absolute Gasteiger partial charge is 0.417 e. The Hall–Kier alpha value is -3.69. The summed E-state index contributed by atoms with van der Waals surface area (Å²) in [7, 11) is 0. The molecule has 0 aliphatic heterocycles. The highest BCUT2D eigenvalue weighted by Gasteiger charge is 2.30. The number of halogens is 3. The van der Waals surface area contributed by atoms with Gasteiger partial charge in [0.05, 0.1) is 11.1 Å². The van der Waals surface area contributed by atoms with Crippen molar-refractivity contribution in [2.45, 2.75) is 13.1 Å². The molecule has 0 atom stereocenters. The van der Waals surface area contributed by atoms with Crippen LogP contribution in [-0.4, -0.2) is 34.1 Å². The van der Waals surface area contributed by atoms with Crippen LogP contribution in [0.2, 0.25) is 0 Å². The van der Waals surface area contributed by atoms with Crippen molar-refractivity contribution in [3.8, 4) is 22.9 Å². The van der Waals surface area contributed by atoms with Crippen LogP contribution in [0, 0.1) is 13.1 Å². The van der Waals surface area contributed by atoms with Gasteiger partial charge in [-0.1, -0.05) is 29.8 Å². The number of amides is 1. The zero-order valence-corrected chi connectivity index (χ0v) is 15.7. The lowest BCUT2D eigenvalue weighted by Crippen LogP contribution is -2.17. The molecule has 0 aliphatic carbocycles. The lowest BCUT2D eigenvalue weighted by atomic mass is 10.1. The third-order valence-corrected chi connectivity index (χ3v) is 3.89. The molecule has 1 aromatic carbocycles. The van der Waals surface area contributed by atoms with Gasteiger partial charge < -0.3 is 15.2 Å². The number of hydrogen-bond acceptors (Lipinski definition) is 6. The molecule has 2 aromatic heterocycles. The molecule has 0 saturated heterocycles. The Morgan fingerprint density at radius 3 is 2.40 bits per heavy atom. The van der Waals surface area contributed by atoms with E-state index in [4.69, 9.17) is 15.2 Å². The number of aromatic nitrogens is 3. The van der Waals surface area contributed by atoms with Crippen LogP contribution in [-0.2, 0) is 6.18 Å². The number of alkyl halides is 3. The lowest BCUT2D eigenvalue weighted by Gasteiger charge is -2.12. The van der Waals surface area contributed by atoms with Crippen molar-refractivity contribution in [3.05, 3.63) is 65.7 Å². The first-order valence-corrected chi connectivity index (χ1v) is 8.69. The Bertz CT molecular complexity index is 1020. The first kappa shape index (κ1) is 21.0. The maximum Gasteiger partial charge on any atom is 0.417 e. The van der Waals surface area contributed by atoms with Crippen LogP contribution in [0.5, 0.6) is 11.8 Å². The molecule has 3 aromatic rings. The summed E-state index contributed by atoms with van der Waals surface area (Å²) in [5, 5.41) is 0. The van der Waals surface area contributed by atoms with Crippen LogP contribution < -0.4 is 15.2 Å². The normalized spacial score (nSPS) is 11.2. The van der Waals surface area contributed by atoms with Gasteiger partial charge in [0.15, 0.2) is 0 Å². The van der Waals surface area contributed by atoms with E-state index in [0.717, 1.165) is 23.3 Å². The molecule has 0 aliphatic rings. The molecule has 2 N–H and O–H groups in total. The van der Waals surface area contributed by atoms with Gasteiger partial charge >= 0.3 is 6.18 Å². The van der Waals surface area contributed by atoms with E-state index in [1.54, 1.807) is 0 Å². The van der Waals surface area contributed by atoms with Gasteiger partial charge in [0.2, 0.25) is 17.6 Å². The second kappa shape index (κ2) is 8.76. The molecule has 30 heavy (non-hydrogen) atoms. The third-order valence-electron chi connectivity index (χ3n) is 3.89. The number of benzene rings is 1. The average Bonchev–Trinajstić information content (AvgIpc) is 2.71. The predicted molar refractivity (Wildman–Crippen MR) is 99.8 cm³/mol. The number of carbonyl (C=O) groups excluding carboxylic acids is 1. The topological polar surface area (TPSA) is 100 Å². The Kier molecular flexibility index (Phi) is 6.14. The number of nitrogens with zero attached hydrogens (tertiary/aromatic N) is 3. The van der Waals surface area contributed by atoms with E-state index in [-0.39, 0.29) is 30.8 Å². The molecule has 0 saturated carbocycles. The quantitative estimate of drug-likeness (QED) is 0.593. The molecule has 2 heterocycles. The number of primary amides is 1. The molecule has 155 valence electrons. The predicted octanol–water partition coefficient (Wildman–Crippen LogP) is 3.22. The molecule has 0 spiro atoms. The SMILES string of the molecule is Cc1ccc(-c2[c]nc(C(N)=O)nc2OCCOc2ccc(C(F)(F)F)cn2)cc1. The number of aryl methyl sites for hydroxylation is 1. The largest absolute Gasteiger partial charge is 0.474 e. The molecule has 10 heteroatoms. The van der Waals surface area contributed by atoms with Gasteiger partial charge in [-0.3, -0.25) is 4.79 Å². The fraction of sp³-hybridized carbons (Fsp3) is 0.200. The molecule has 0 bridgehead atoms. The summed E-state index contributed by atoms with van der Waals surface area (Å²) < 4.78 is 48.5. The van der Waals surface area contributed by atoms with Gasteiger partial charge in [0.25, 0.3) is 5.91 Å². The summed E-state index contributed by atoms with van der Waals surface area (Å²) in [5.74, 6) is -1.01. The van der Waals surface area contributed by atoms with Crippen LogP contribution in [0.3, 0.4) is 0 Å². The number of ether oxygens (including phenoxy) is 2. The Labute approximate surface area is 169 Å². The first-order chi connectivity index (χ1) is 14.2. The molecule has 1 amide bonds. The van der Waals surface area contributed by atoms with Crippen LogP contribution in [0.1, 0.15) is 21.7 Å². The highest BCUT2D eigenvalue weighted by Crippen LogP contribution is 2.29. The van der Waals surface area contributed by atoms with Crippen molar-refractivity contribution in [1.82, 2.24) is 15.0 Å². The molecule has 0 unspecified atom stereocenters. The van der Waals surface area contributed by atoms with Gasteiger partial charge in [-0.25, -0.2) is 9.97 Å². The highest BCUT2D eigenvalue weighted by molar-refractivity contribution is 5.89. The number of pyridine rings is 1. The molecule has 0 fully saturated rings. The van der Waals surface area contributed by atoms with E-state index in [1.807, 2.05) is 31.2 Å². The Morgan fingerprint density at radius 2 is 1.80 bits per heavy atom. The van der Waals surface area contributed by atoms with E-state index in [0.29, 0.717) is 11.8 Å². The van der Waals surface area contributed by atoms with Crippen molar-refractivity contribution in [3.63, 3.8) is 0 Å². The van der Waals surface area contributed by atoms with Gasteiger partial charge in [0, 0.05) is 12.3 Å². The number of hydrogen-bond donors (Lipinski definition) is 1. The van der Waals surface area contributed by atoms with Crippen molar-refractivity contribution in [1.29, 1.82) is 0 Å². The number of nitrogens with two attached hydrogens (primary N) is 1. The second-order valence-electron chi connectivity index (χ2n) is 6.15. The van der Waals surface area contributed by atoms with Crippen molar-refractivity contribution in [2.24, 2.45) is 5.73 Å². The second-order valence-corrected chi connectivity index (χ2v) is 6.15. The molecule has 3 rings (SSSR count). The fourth-order valence-corrected chi connectivity index (χ4v) is 2.37. The van der Waals surface area contributed by atoms with Crippen molar-refractivity contribution < 1.29 is 27.4 Å². The Morgan fingerprint density at radius 1 is 1.10 bits per heavy atom. The zero-order chi connectivity index (χ0) is 21.7. The molecule has 7 nitrogen and oxygen atoms in total. The van der Waals surface area contributed by atoms with Gasteiger partial charge in [-0.15, -0.1) is 0 Å². The number of rotatable bonds is 7. The molecular weight excluding hydrogens is 401 g/mol. The van der Waals surface area contributed by atoms with Crippen molar-refractivity contribution in [2.75, 3.05) is 13.2 Å². The van der Waals surface area contributed by atoms with E-state index in [2.05, 4.69) is 21.1 Å². The molecule has 1 radical (unpaired) electrons. The summed E-state index contributed by atoms with van der Waals surface area (Å²) in [4.78, 5) is 22.8. The van der Waals surface area contributed by atoms with Crippen LogP contribution >= 0.6 is 0 Å². The first-order valence-electron chi connectivity index (χ1n) is 8.69. The highest BCUT2D eigenvalue weighted by atomic mass is 19.4. The fourth-order valence-electron chi connectivity index (χ4n) is 2.37. The number of carbonyl (C=O) groups is 1. The Balaban J connectivity index is 1.68. The van der Waals surface area contributed by atoms with E-state index in [9.17, 15) is 18.0 Å². The summed E-state index contributed by atoms with van der Waals surface area (Å²) >= 11 is 0.